The van der Waals surface area contributed by atoms with E-state index in [1.54, 1.807) is 26.0 Å². The molecule has 4 heteroatoms. The minimum Gasteiger partial charge on any atom is -0.497 e. The summed E-state index contributed by atoms with van der Waals surface area (Å²) in [6.45, 7) is 2.26. The van der Waals surface area contributed by atoms with Crippen molar-refractivity contribution in [1.82, 2.24) is 5.32 Å². The van der Waals surface area contributed by atoms with Gasteiger partial charge in [0.25, 0.3) is 0 Å². The second kappa shape index (κ2) is 7.06. The molecule has 106 valence electrons. The molecule has 0 saturated carbocycles. The highest BCUT2D eigenvalue weighted by atomic mass is 32.2. The zero-order valence-corrected chi connectivity index (χ0v) is 12.8. The van der Waals surface area contributed by atoms with Crippen LogP contribution in [0.5, 0.6) is 11.5 Å². The van der Waals surface area contributed by atoms with Crippen LogP contribution in [-0.2, 0) is 6.42 Å². The van der Waals surface area contributed by atoms with Gasteiger partial charge in [0.1, 0.15) is 11.5 Å². The average molecular weight is 281 g/mol. The highest BCUT2D eigenvalue weighted by molar-refractivity contribution is 7.98. The first-order chi connectivity index (χ1) is 9.28. The first-order valence-electron chi connectivity index (χ1n) is 6.78. The van der Waals surface area contributed by atoms with Gasteiger partial charge in [0.05, 0.1) is 19.1 Å². The van der Waals surface area contributed by atoms with Crippen LogP contribution in [0.25, 0.3) is 0 Å². The van der Waals surface area contributed by atoms with Gasteiger partial charge < -0.3 is 14.8 Å². The third-order valence-corrected chi connectivity index (χ3v) is 4.48. The molecule has 1 aliphatic heterocycles. The fourth-order valence-electron chi connectivity index (χ4n) is 2.68. The van der Waals surface area contributed by atoms with Crippen molar-refractivity contribution < 1.29 is 9.47 Å². The molecule has 0 aliphatic carbocycles. The van der Waals surface area contributed by atoms with Crippen LogP contribution >= 0.6 is 11.8 Å². The predicted octanol–water partition coefficient (Wildman–Crippen LogP) is 2.97. The van der Waals surface area contributed by atoms with Gasteiger partial charge in [-0.25, -0.2) is 0 Å². The Morgan fingerprint density at radius 3 is 2.53 bits per heavy atom. The van der Waals surface area contributed by atoms with Crippen molar-refractivity contribution in [3.63, 3.8) is 0 Å². The van der Waals surface area contributed by atoms with Gasteiger partial charge in [-0.3, -0.25) is 0 Å². The summed E-state index contributed by atoms with van der Waals surface area (Å²) in [4.78, 5) is 1.16. The lowest BCUT2D eigenvalue weighted by Gasteiger charge is -2.24. The van der Waals surface area contributed by atoms with Gasteiger partial charge >= 0.3 is 0 Å². The molecule has 1 fully saturated rings. The largest absolute Gasteiger partial charge is 0.497 e. The van der Waals surface area contributed by atoms with E-state index in [0.29, 0.717) is 0 Å². The minimum absolute atomic E-state index is 0.747. The van der Waals surface area contributed by atoms with Gasteiger partial charge in [-0.2, -0.15) is 0 Å². The first kappa shape index (κ1) is 14.5. The van der Waals surface area contributed by atoms with Crippen molar-refractivity contribution in [3.8, 4) is 11.5 Å². The summed E-state index contributed by atoms with van der Waals surface area (Å²) in [6, 6.07) is 4.18. The van der Waals surface area contributed by atoms with Gasteiger partial charge in [-0.05, 0) is 62.2 Å². The molecule has 0 atom stereocenters. The maximum absolute atomic E-state index is 5.62. The zero-order chi connectivity index (χ0) is 13.7. The molecule has 1 N–H and O–H groups in total. The Kier molecular flexibility index (Phi) is 5.40. The third-order valence-electron chi connectivity index (χ3n) is 3.73. The molecule has 1 aliphatic rings. The Bertz CT molecular complexity index is 417. The van der Waals surface area contributed by atoms with Crippen LogP contribution in [0, 0.1) is 5.92 Å². The predicted molar refractivity (Wildman–Crippen MR) is 80.6 cm³/mol. The maximum Gasteiger partial charge on any atom is 0.135 e. The average Bonchev–Trinajstić information content (AvgIpc) is 2.47. The lowest BCUT2D eigenvalue weighted by Crippen LogP contribution is -2.28. The molecule has 1 saturated heterocycles. The molecule has 0 amide bonds. The number of rotatable bonds is 5. The molecule has 0 bridgehead atoms. The summed E-state index contributed by atoms with van der Waals surface area (Å²) >= 11 is 1.71. The van der Waals surface area contributed by atoms with E-state index in [2.05, 4.69) is 23.7 Å². The smallest absolute Gasteiger partial charge is 0.135 e. The number of piperidine rings is 1. The Hall–Kier alpha value is -0.870. The van der Waals surface area contributed by atoms with Crippen LogP contribution in [0.1, 0.15) is 18.4 Å². The Morgan fingerprint density at radius 1 is 1.21 bits per heavy atom. The summed E-state index contributed by atoms with van der Waals surface area (Å²) in [5, 5.41) is 3.41. The maximum atomic E-state index is 5.62. The third kappa shape index (κ3) is 3.57. The van der Waals surface area contributed by atoms with Gasteiger partial charge in [-0.15, -0.1) is 11.8 Å². The summed E-state index contributed by atoms with van der Waals surface area (Å²) in [5.41, 5.74) is 1.28. The lowest BCUT2D eigenvalue weighted by atomic mass is 9.90. The highest BCUT2D eigenvalue weighted by Gasteiger charge is 2.18. The number of hydrogen-bond acceptors (Lipinski definition) is 4. The van der Waals surface area contributed by atoms with E-state index in [1.807, 2.05) is 0 Å². The van der Waals surface area contributed by atoms with Crippen LogP contribution in [0.3, 0.4) is 0 Å². The van der Waals surface area contributed by atoms with E-state index in [9.17, 15) is 0 Å². The van der Waals surface area contributed by atoms with E-state index in [1.165, 1.54) is 18.4 Å². The first-order valence-corrected chi connectivity index (χ1v) is 8.00. The molecular weight excluding hydrogens is 258 g/mol. The van der Waals surface area contributed by atoms with Crippen LogP contribution in [0.15, 0.2) is 17.0 Å². The Labute approximate surface area is 120 Å². The second-order valence-corrected chi connectivity index (χ2v) is 5.77. The fourth-order valence-corrected chi connectivity index (χ4v) is 3.32. The van der Waals surface area contributed by atoms with Crippen LogP contribution in [0.4, 0.5) is 0 Å². The molecule has 0 radical (unpaired) electrons. The highest BCUT2D eigenvalue weighted by Crippen LogP contribution is 2.37. The van der Waals surface area contributed by atoms with E-state index in [4.69, 9.17) is 9.47 Å². The van der Waals surface area contributed by atoms with Crippen molar-refractivity contribution in [2.75, 3.05) is 33.6 Å². The topological polar surface area (TPSA) is 30.5 Å². The van der Waals surface area contributed by atoms with Crippen molar-refractivity contribution in [3.05, 3.63) is 17.7 Å². The van der Waals surface area contributed by atoms with E-state index in [-0.39, 0.29) is 0 Å². The summed E-state index contributed by atoms with van der Waals surface area (Å²) < 4.78 is 11.0. The van der Waals surface area contributed by atoms with Gasteiger partial charge in [-0.1, -0.05) is 0 Å². The number of hydrogen-bond donors (Lipinski definition) is 1. The van der Waals surface area contributed by atoms with E-state index in [0.717, 1.165) is 41.8 Å². The Morgan fingerprint density at radius 2 is 1.95 bits per heavy atom. The summed E-state index contributed by atoms with van der Waals surface area (Å²) in [7, 11) is 3.48. The number of thioether (sulfide) groups is 1. The second-order valence-electron chi connectivity index (χ2n) is 4.92. The van der Waals surface area contributed by atoms with Crippen LogP contribution in [0.2, 0.25) is 0 Å². The molecule has 0 spiro atoms. The van der Waals surface area contributed by atoms with Gasteiger partial charge in [0, 0.05) is 0 Å². The molecule has 0 unspecified atom stereocenters. The van der Waals surface area contributed by atoms with E-state index >= 15 is 0 Å². The fraction of sp³-hybridized carbons (Fsp3) is 0.600. The van der Waals surface area contributed by atoms with Crippen molar-refractivity contribution in [2.45, 2.75) is 24.2 Å². The van der Waals surface area contributed by atoms with Crippen LogP contribution < -0.4 is 14.8 Å². The molecule has 0 aromatic heterocycles. The molecule has 19 heavy (non-hydrogen) atoms. The normalized spacial score (nSPS) is 16.4. The number of methoxy groups -OCH3 is 2. The summed E-state index contributed by atoms with van der Waals surface area (Å²) in [6.07, 6.45) is 5.64. The van der Waals surface area contributed by atoms with Crippen molar-refractivity contribution in [1.29, 1.82) is 0 Å². The van der Waals surface area contributed by atoms with Crippen molar-refractivity contribution in [2.24, 2.45) is 5.92 Å². The lowest BCUT2D eigenvalue weighted by molar-refractivity contribution is 0.355. The van der Waals surface area contributed by atoms with Crippen LogP contribution in [-0.4, -0.2) is 33.6 Å². The zero-order valence-electron chi connectivity index (χ0n) is 12.0. The van der Waals surface area contributed by atoms with Gasteiger partial charge in [0.2, 0.25) is 0 Å². The molecule has 1 aromatic rings. The standard InChI is InChI=1S/C15H23NO2S/c1-17-13-9-12(8-11-4-6-16-7-5-11)15(18-2)14(10-13)19-3/h9-11,16H,4-8H2,1-3H3. The monoisotopic (exact) mass is 281 g/mol. The quantitative estimate of drug-likeness (QED) is 0.841. The van der Waals surface area contributed by atoms with Gasteiger partial charge in [0.15, 0.2) is 0 Å². The number of nitrogens with one attached hydrogen (secondary N) is 1. The number of benzene rings is 1. The Balaban J connectivity index is 2.25. The summed E-state index contributed by atoms with van der Waals surface area (Å²) in [5.74, 6) is 2.69. The SMILES string of the molecule is COc1cc(CC2CCNCC2)c(OC)c(SC)c1. The molecular formula is C15H23NO2S. The molecule has 2 rings (SSSR count). The molecule has 3 nitrogen and oxygen atoms in total. The van der Waals surface area contributed by atoms with E-state index < -0.39 is 0 Å². The van der Waals surface area contributed by atoms with Crippen molar-refractivity contribution >= 4 is 11.8 Å². The number of ether oxygens (including phenoxy) is 2. The minimum atomic E-state index is 0.747. The molecule has 1 heterocycles. The molecule has 1 aromatic carbocycles.